The maximum absolute atomic E-state index is 14.6. The van der Waals surface area contributed by atoms with Crippen LogP contribution in [-0.4, -0.2) is 169 Å². The summed E-state index contributed by atoms with van der Waals surface area (Å²) in [6, 6.07) is 68.5. The maximum atomic E-state index is 14.6. The minimum absolute atomic E-state index is 0.0870. The molecule has 0 saturated carbocycles. The van der Waals surface area contributed by atoms with Crippen LogP contribution in [0.3, 0.4) is 0 Å². The van der Waals surface area contributed by atoms with Crippen molar-refractivity contribution in [1.29, 1.82) is 0 Å². The summed E-state index contributed by atoms with van der Waals surface area (Å²) in [6.45, 7) is 10.3. The third kappa shape index (κ3) is 21.2. The lowest BCUT2D eigenvalue weighted by Gasteiger charge is -2.34. The fraction of sp³-hybridized carbons (Fsp3) is 0.215. The van der Waals surface area contributed by atoms with Crippen LogP contribution in [0.15, 0.2) is 305 Å². The van der Waals surface area contributed by atoms with Gasteiger partial charge in [-0.1, -0.05) is 220 Å². The summed E-state index contributed by atoms with van der Waals surface area (Å²) in [5, 5.41) is 40.8. The first-order chi connectivity index (χ1) is 65.3. The molecule has 28 nitrogen and oxygen atoms in total. The first-order valence-electron chi connectivity index (χ1n) is 43.1. The van der Waals surface area contributed by atoms with Crippen LogP contribution in [0.5, 0.6) is 17.2 Å². The average Bonchev–Trinajstić information content (AvgIpc) is 1.57. The minimum atomic E-state index is -1.56. The Balaban J connectivity index is 0.665. The molecule has 0 aromatic heterocycles. The molecule has 0 fully saturated rings. The van der Waals surface area contributed by atoms with E-state index in [2.05, 4.69) is 38.4 Å². The molecule has 135 heavy (non-hydrogen) atoms. The van der Waals surface area contributed by atoms with Gasteiger partial charge in [-0.2, -0.15) is 0 Å². The van der Waals surface area contributed by atoms with Crippen LogP contribution in [0.25, 0.3) is 33.4 Å². The summed E-state index contributed by atoms with van der Waals surface area (Å²) in [6.07, 6.45) is 6.05. The lowest BCUT2D eigenvalue weighted by Crippen LogP contribution is -2.37. The summed E-state index contributed by atoms with van der Waals surface area (Å²) in [4.78, 5) is 156. The normalized spacial score (nSPS) is 16.3. The first-order valence-corrected chi connectivity index (χ1v) is 43.1. The van der Waals surface area contributed by atoms with E-state index in [1.54, 1.807) is 60.7 Å². The van der Waals surface area contributed by atoms with Gasteiger partial charge < -0.3 is 77.3 Å². The highest BCUT2D eigenvalue weighted by Gasteiger charge is 2.49. The van der Waals surface area contributed by atoms with Gasteiger partial charge in [0, 0.05) is 24.3 Å². The Kier molecular flexibility index (Phi) is 30.3. The van der Waals surface area contributed by atoms with Crippen LogP contribution < -0.4 is 14.2 Å². The zero-order valence-corrected chi connectivity index (χ0v) is 72.8. The van der Waals surface area contributed by atoms with E-state index >= 15 is 0 Å². The molecule has 28 heteroatoms. The van der Waals surface area contributed by atoms with Crippen molar-refractivity contribution >= 4 is 71.6 Å². The molecule has 0 spiro atoms. The molecule has 8 unspecified atom stereocenters. The van der Waals surface area contributed by atoms with Crippen molar-refractivity contribution in [2.75, 3.05) is 52.9 Å². The molecule has 0 heterocycles. The number of carboxylic acid groups (broad SMARTS) is 4. The van der Waals surface area contributed by atoms with Gasteiger partial charge in [0.05, 0.1) is 70.0 Å². The Labute approximate surface area is 774 Å². The van der Waals surface area contributed by atoms with E-state index in [1.807, 2.05) is 146 Å². The fourth-order valence-corrected chi connectivity index (χ4v) is 17.4. The molecule has 14 rings (SSSR count). The highest BCUT2D eigenvalue weighted by Crippen LogP contribution is 2.58. The molecule has 8 atom stereocenters. The number of rotatable bonds is 42. The number of fused-ring (bicyclic) bond motifs is 6. The molecule has 4 N–H and O–H groups in total. The smallest absolute Gasteiger partial charge is 0.339 e. The number of esters is 8. The number of ether oxygens (including phenoxy) is 12. The molecule has 0 aliphatic heterocycles. The number of carbonyl (C=O) groups is 12. The standard InChI is InChI=1S/C107H92O28/c1-5-94(108)128-60-74(56-124-55-64-33-37-67(38-34-64)106(90-29-17-13-21-78(90)79-22-14-18-30-91(79)106)68-39-45-71(46-40-68)125-57-75(61-129-95(109)6-2)133-102(120)86-27-11-9-25-82(86)98(112)113)132-104(122)88-53-65(35-51-84(88)100(116)117)66-36-52-85(101(118)119)89(54-66)105(123)135-77(63-131-97(111)8-4)59-127-73-49-43-70(44-50-73)107(92-31-19-15-23-80(92)81-24-16-20-32-93(81)107)69-41-47-72(48-42-69)126-58-76(62-130-96(110)7-3)134-103(121)87-28-12-10-26-83(87)99(114)115/h5-24,29-54,74-77,82-83,86-87H,1-4,25-28,55-63H2,(H,112,113)(H,114,115)(H,116,117)(H,118,119). The van der Waals surface area contributed by atoms with E-state index in [-0.39, 0.29) is 62.4 Å². The van der Waals surface area contributed by atoms with E-state index in [1.165, 1.54) is 12.1 Å². The van der Waals surface area contributed by atoms with E-state index in [9.17, 15) is 78.0 Å². The molecule has 0 saturated heterocycles. The summed E-state index contributed by atoms with van der Waals surface area (Å²) in [5.41, 5.74) is 7.78. The molecule has 0 bridgehead atoms. The van der Waals surface area contributed by atoms with Crippen molar-refractivity contribution in [2.45, 2.75) is 67.5 Å². The van der Waals surface area contributed by atoms with Gasteiger partial charge in [0.1, 0.15) is 63.5 Å². The van der Waals surface area contributed by atoms with Gasteiger partial charge >= 0.3 is 71.6 Å². The monoisotopic (exact) mass is 1820 g/mol. The van der Waals surface area contributed by atoms with Crippen molar-refractivity contribution in [2.24, 2.45) is 23.7 Å². The predicted molar refractivity (Wildman–Crippen MR) is 488 cm³/mol. The predicted octanol–water partition coefficient (Wildman–Crippen LogP) is 15.7. The molecule has 688 valence electrons. The van der Waals surface area contributed by atoms with E-state index in [0.29, 0.717) is 17.1 Å². The van der Waals surface area contributed by atoms with Crippen molar-refractivity contribution in [3.63, 3.8) is 0 Å². The number of benzene rings is 10. The van der Waals surface area contributed by atoms with Gasteiger partial charge in [-0.3, -0.25) is 19.2 Å². The van der Waals surface area contributed by atoms with Crippen molar-refractivity contribution in [1.82, 2.24) is 0 Å². The Hall–Kier alpha value is -16.4. The SMILES string of the molecule is C=CC(=O)OCC(COCc1ccc(C2(c3ccc(OCC(COC(=O)C=C)OC(=O)C4CC=CCC4C(=O)O)cc3)c3ccccc3-c3ccccc32)cc1)OC(=O)c1cc(-c2ccc(C(=O)O)c(C(=O)OC(COC(=O)C=C)COc3ccc(C4(c5ccc(OCC(COC(=O)C=C)OC(=O)C6CC=CCC6C(=O)O)cc5)c5ccccc5-c5ccccc54)cc3)c2)ccc1C(=O)O. The van der Waals surface area contributed by atoms with Crippen LogP contribution >= 0.6 is 0 Å². The van der Waals surface area contributed by atoms with E-state index < -0.39 is 192 Å². The molecule has 4 aliphatic rings. The van der Waals surface area contributed by atoms with Gasteiger partial charge in [-0.25, -0.2) is 38.4 Å². The molecular formula is C107H92O28. The third-order valence-corrected chi connectivity index (χ3v) is 23.8. The lowest BCUT2D eigenvalue weighted by molar-refractivity contribution is -0.167. The second-order valence-electron chi connectivity index (χ2n) is 32.0. The second-order valence-corrected chi connectivity index (χ2v) is 32.0. The Morgan fingerprint density at radius 3 is 0.896 bits per heavy atom. The number of carboxylic acids is 4. The highest BCUT2D eigenvalue weighted by molar-refractivity contribution is 6.06. The van der Waals surface area contributed by atoms with Crippen LogP contribution in [-0.2, 0) is 98.4 Å². The minimum Gasteiger partial charge on any atom is -0.490 e. The Morgan fingerprint density at radius 1 is 0.319 bits per heavy atom. The summed E-state index contributed by atoms with van der Waals surface area (Å²) >= 11 is 0. The van der Waals surface area contributed by atoms with Crippen molar-refractivity contribution < 1.29 is 135 Å². The lowest BCUT2D eigenvalue weighted by atomic mass is 9.67. The summed E-state index contributed by atoms with van der Waals surface area (Å²) in [5.74, 6) is -15.7. The van der Waals surface area contributed by atoms with E-state index in [4.69, 9.17) is 56.8 Å². The van der Waals surface area contributed by atoms with E-state index in [0.717, 1.165) is 115 Å². The van der Waals surface area contributed by atoms with Crippen LogP contribution in [0.1, 0.15) is 117 Å². The first kappa shape index (κ1) is 94.7. The Morgan fingerprint density at radius 2 is 0.600 bits per heavy atom. The number of aromatic carboxylic acids is 2. The van der Waals surface area contributed by atoms with Crippen LogP contribution in [0.4, 0.5) is 0 Å². The molecule has 0 radical (unpaired) electrons. The largest absolute Gasteiger partial charge is 0.490 e. The molecular weight excluding hydrogens is 1730 g/mol. The number of aliphatic carboxylic acids is 2. The number of hydrogen-bond donors (Lipinski definition) is 4. The molecule has 10 aromatic carbocycles. The molecule has 0 amide bonds. The van der Waals surface area contributed by atoms with Crippen molar-refractivity contribution in [3.8, 4) is 50.6 Å². The Bertz CT molecular complexity index is 6190. The van der Waals surface area contributed by atoms with Gasteiger partial charge in [-0.15, -0.1) is 0 Å². The van der Waals surface area contributed by atoms with Crippen LogP contribution in [0.2, 0.25) is 0 Å². The fourth-order valence-electron chi connectivity index (χ4n) is 17.4. The zero-order chi connectivity index (χ0) is 95.5. The molecule has 10 aromatic rings. The molecule has 4 aliphatic carbocycles. The second kappa shape index (κ2) is 43.1. The van der Waals surface area contributed by atoms with Gasteiger partial charge in [-0.05, 0) is 170 Å². The quantitative estimate of drug-likeness (QED) is 0.0119. The average molecular weight is 1830 g/mol. The summed E-state index contributed by atoms with van der Waals surface area (Å²) < 4.78 is 69.6. The number of allylic oxidation sites excluding steroid dienone is 4. The number of hydrogen-bond acceptors (Lipinski definition) is 24. The topological polar surface area (TPSA) is 397 Å². The third-order valence-electron chi connectivity index (χ3n) is 23.8. The summed E-state index contributed by atoms with van der Waals surface area (Å²) in [7, 11) is 0. The van der Waals surface area contributed by atoms with Gasteiger partial charge in [0.2, 0.25) is 0 Å². The maximum Gasteiger partial charge on any atom is 0.339 e. The van der Waals surface area contributed by atoms with Gasteiger partial charge in [0.25, 0.3) is 0 Å². The van der Waals surface area contributed by atoms with Crippen LogP contribution in [0, 0.1) is 23.7 Å². The van der Waals surface area contributed by atoms with Gasteiger partial charge in [0.15, 0.2) is 24.4 Å². The zero-order valence-electron chi connectivity index (χ0n) is 72.8. The van der Waals surface area contributed by atoms with Crippen molar-refractivity contribution in [3.05, 3.63) is 378 Å². The number of carbonyl (C=O) groups excluding carboxylic acids is 8. The highest BCUT2D eigenvalue weighted by atomic mass is 16.6.